The molecule has 0 radical (unpaired) electrons. The Labute approximate surface area is 160 Å². The second-order valence-corrected chi connectivity index (χ2v) is 7.28. The average molecular weight is 402 g/mol. The van der Waals surface area contributed by atoms with Crippen LogP contribution in [-0.4, -0.2) is 29.1 Å². The smallest absolute Gasteiger partial charge is 0.197 e. The molecule has 0 atom stereocenters. The fourth-order valence-electron chi connectivity index (χ4n) is 2.17. The molecule has 26 heavy (non-hydrogen) atoms. The van der Waals surface area contributed by atoms with Crippen molar-refractivity contribution in [2.75, 3.05) is 0 Å². The first kappa shape index (κ1) is 16.7. The van der Waals surface area contributed by atoms with E-state index >= 15 is 0 Å². The van der Waals surface area contributed by atoms with Crippen molar-refractivity contribution < 1.29 is 4.42 Å². The second kappa shape index (κ2) is 7.25. The molecule has 0 saturated heterocycles. The fourth-order valence-corrected chi connectivity index (χ4v) is 4.25. The SMILES string of the molecule is N#Cc1c(Cl)nsc1Sc1nnc(-c2cnccn2)n1Cc1ccco1. The number of aromatic nitrogens is 6. The Kier molecular flexibility index (Phi) is 4.66. The lowest BCUT2D eigenvalue weighted by Gasteiger charge is -2.07. The predicted octanol–water partition coefficient (Wildman–Crippen LogP) is 3.51. The highest BCUT2D eigenvalue weighted by Crippen LogP contribution is 2.37. The molecule has 8 nitrogen and oxygen atoms in total. The van der Waals surface area contributed by atoms with Crippen molar-refractivity contribution in [1.82, 2.24) is 29.1 Å². The molecule has 0 unspecified atom stereocenters. The van der Waals surface area contributed by atoms with Crippen LogP contribution < -0.4 is 0 Å². The Balaban J connectivity index is 1.77. The molecule has 0 saturated carbocycles. The highest BCUT2D eigenvalue weighted by Gasteiger charge is 2.21. The Bertz CT molecular complexity index is 1070. The molecule has 0 amide bonds. The number of nitriles is 1. The molecule has 0 spiro atoms. The molecule has 0 aliphatic rings. The Morgan fingerprint density at radius 1 is 1.35 bits per heavy atom. The molecule has 4 aromatic heterocycles. The van der Waals surface area contributed by atoms with Crippen LogP contribution in [0.2, 0.25) is 5.15 Å². The van der Waals surface area contributed by atoms with Gasteiger partial charge in [0.25, 0.3) is 0 Å². The maximum atomic E-state index is 9.27. The zero-order valence-electron chi connectivity index (χ0n) is 12.9. The van der Waals surface area contributed by atoms with Gasteiger partial charge in [0, 0.05) is 12.4 Å². The van der Waals surface area contributed by atoms with Gasteiger partial charge in [0.1, 0.15) is 27.3 Å². The molecule has 0 aromatic carbocycles. The molecule has 128 valence electrons. The summed E-state index contributed by atoms with van der Waals surface area (Å²) < 4.78 is 12.0. The van der Waals surface area contributed by atoms with Gasteiger partial charge in [0.15, 0.2) is 16.1 Å². The van der Waals surface area contributed by atoms with E-state index in [4.69, 9.17) is 16.0 Å². The number of nitrogens with zero attached hydrogens (tertiary/aromatic N) is 7. The number of hydrogen-bond acceptors (Lipinski definition) is 9. The molecule has 0 bridgehead atoms. The Hall–Kier alpha value is -2.74. The van der Waals surface area contributed by atoms with Crippen molar-refractivity contribution in [2.24, 2.45) is 0 Å². The van der Waals surface area contributed by atoms with E-state index in [9.17, 15) is 5.26 Å². The lowest BCUT2D eigenvalue weighted by atomic mass is 10.4. The number of furan rings is 1. The third-order valence-electron chi connectivity index (χ3n) is 3.32. The van der Waals surface area contributed by atoms with E-state index < -0.39 is 0 Å². The summed E-state index contributed by atoms with van der Waals surface area (Å²) in [6.07, 6.45) is 6.39. The van der Waals surface area contributed by atoms with E-state index in [0.29, 0.717) is 33.0 Å². The predicted molar refractivity (Wildman–Crippen MR) is 94.8 cm³/mol. The standard InChI is InChI=1S/C15H8ClN7OS2/c16-12-10(6-17)14(26-22-12)25-15-21-20-13(11-7-18-3-4-19-11)23(15)8-9-2-1-5-24-9/h1-5,7H,8H2. The summed E-state index contributed by atoms with van der Waals surface area (Å²) in [7, 11) is 0. The van der Waals surface area contributed by atoms with Gasteiger partial charge in [-0.25, -0.2) is 4.98 Å². The van der Waals surface area contributed by atoms with Crippen molar-refractivity contribution >= 4 is 34.9 Å². The summed E-state index contributed by atoms with van der Waals surface area (Å²) in [6.45, 7) is 0.405. The van der Waals surface area contributed by atoms with E-state index in [2.05, 4.69) is 30.6 Å². The zero-order chi connectivity index (χ0) is 17.9. The molecule has 11 heteroatoms. The van der Waals surface area contributed by atoms with Crippen LogP contribution in [0.1, 0.15) is 11.3 Å². The summed E-state index contributed by atoms with van der Waals surface area (Å²) in [5, 5.41) is 18.5. The minimum atomic E-state index is 0.186. The van der Waals surface area contributed by atoms with Gasteiger partial charge in [0.2, 0.25) is 0 Å². The Morgan fingerprint density at radius 2 is 2.27 bits per heavy atom. The summed E-state index contributed by atoms with van der Waals surface area (Å²) in [5.41, 5.74) is 0.913. The topological polar surface area (TPSA) is 106 Å². The molecule has 0 aliphatic heterocycles. The van der Waals surface area contributed by atoms with Gasteiger partial charge in [-0.15, -0.1) is 10.2 Å². The van der Waals surface area contributed by atoms with Crippen molar-refractivity contribution in [3.8, 4) is 17.6 Å². The molecular weight excluding hydrogens is 394 g/mol. The third-order valence-corrected chi connectivity index (χ3v) is 5.68. The van der Waals surface area contributed by atoms with Crippen molar-refractivity contribution in [3.63, 3.8) is 0 Å². The van der Waals surface area contributed by atoms with Crippen LogP contribution in [0.25, 0.3) is 11.5 Å². The van der Waals surface area contributed by atoms with Crippen molar-refractivity contribution in [1.29, 1.82) is 5.26 Å². The first-order valence-electron chi connectivity index (χ1n) is 7.21. The van der Waals surface area contributed by atoms with Crippen LogP contribution in [0.5, 0.6) is 0 Å². The van der Waals surface area contributed by atoms with E-state index in [1.54, 1.807) is 24.9 Å². The van der Waals surface area contributed by atoms with Gasteiger partial charge >= 0.3 is 0 Å². The molecule has 0 N–H and O–H groups in total. The third kappa shape index (κ3) is 3.20. The van der Waals surface area contributed by atoms with Crippen LogP contribution in [0, 0.1) is 11.3 Å². The molecular formula is C15H8ClN7OS2. The summed E-state index contributed by atoms with van der Waals surface area (Å²) in [4.78, 5) is 8.37. The Morgan fingerprint density at radius 3 is 3.00 bits per heavy atom. The van der Waals surface area contributed by atoms with E-state index in [-0.39, 0.29) is 5.15 Å². The number of hydrogen-bond donors (Lipinski definition) is 0. The normalized spacial score (nSPS) is 10.8. The van der Waals surface area contributed by atoms with Crippen LogP contribution >= 0.6 is 34.9 Å². The fraction of sp³-hybridized carbons (Fsp3) is 0.0667. The summed E-state index contributed by atoms with van der Waals surface area (Å²) in [6, 6.07) is 5.74. The van der Waals surface area contributed by atoms with Crippen molar-refractivity contribution in [3.05, 3.63) is 53.5 Å². The molecule has 4 aromatic rings. The van der Waals surface area contributed by atoms with Crippen molar-refractivity contribution in [2.45, 2.75) is 15.9 Å². The average Bonchev–Trinajstić information content (AvgIpc) is 3.39. The minimum absolute atomic E-state index is 0.186. The zero-order valence-corrected chi connectivity index (χ0v) is 15.3. The van der Waals surface area contributed by atoms with Crippen LogP contribution in [0.3, 0.4) is 0 Å². The highest BCUT2D eigenvalue weighted by atomic mass is 35.5. The minimum Gasteiger partial charge on any atom is -0.467 e. The number of rotatable bonds is 5. The first-order chi connectivity index (χ1) is 12.8. The van der Waals surface area contributed by atoms with Crippen LogP contribution in [0.4, 0.5) is 0 Å². The maximum Gasteiger partial charge on any atom is 0.197 e. The van der Waals surface area contributed by atoms with E-state index in [0.717, 1.165) is 17.3 Å². The highest BCUT2D eigenvalue weighted by molar-refractivity contribution is 8.01. The monoisotopic (exact) mass is 401 g/mol. The van der Waals surface area contributed by atoms with Crippen LogP contribution in [0.15, 0.2) is 50.8 Å². The van der Waals surface area contributed by atoms with Gasteiger partial charge in [-0.3, -0.25) is 9.55 Å². The van der Waals surface area contributed by atoms with Gasteiger partial charge < -0.3 is 4.42 Å². The first-order valence-corrected chi connectivity index (χ1v) is 9.18. The second-order valence-electron chi connectivity index (χ2n) is 4.91. The maximum absolute atomic E-state index is 9.27. The molecule has 4 rings (SSSR count). The van der Waals surface area contributed by atoms with E-state index in [1.807, 2.05) is 16.7 Å². The largest absolute Gasteiger partial charge is 0.467 e. The lowest BCUT2D eigenvalue weighted by Crippen LogP contribution is -2.04. The lowest BCUT2D eigenvalue weighted by molar-refractivity contribution is 0.485. The van der Waals surface area contributed by atoms with Gasteiger partial charge in [-0.05, 0) is 35.4 Å². The molecule has 0 aliphatic carbocycles. The summed E-state index contributed by atoms with van der Waals surface area (Å²) in [5.74, 6) is 1.28. The number of halogens is 1. The van der Waals surface area contributed by atoms with E-state index in [1.165, 1.54) is 11.8 Å². The molecule has 0 fully saturated rings. The molecule has 4 heterocycles. The summed E-state index contributed by atoms with van der Waals surface area (Å²) >= 11 is 8.37. The van der Waals surface area contributed by atoms with Gasteiger partial charge in [-0.1, -0.05) is 11.6 Å². The van der Waals surface area contributed by atoms with Gasteiger partial charge in [-0.2, -0.15) is 9.64 Å². The van der Waals surface area contributed by atoms with Gasteiger partial charge in [0.05, 0.1) is 19.0 Å². The quantitative estimate of drug-likeness (QED) is 0.500. The van der Waals surface area contributed by atoms with Crippen LogP contribution in [-0.2, 0) is 6.54 Å².